The number of likely N-dealkylation sites (N-methyl/N-ethyl adjacent to an activating group) is 1. The summed E-state index contributed by atoms with van der Waals surface area (Å²) in [6, 6.07) is 0. The number of ketones is 1. The second-order valence-corrected chi connectivity index (χ2v) is 4.22. The van der Waals surface area contributed by atoms with E-state index >= 15 is 0 Å². The van der Waals surface area contributed by atoms with Crippen LogP contribution in [-0.2, 0) is 14.3 Å². The molecule has 1 saturated heterocycles. The molecule has 0 radical (unpaired) electrons. The highest BCUT2D eigenvalue weighted by atomic mass is 16.5. The molecule has 1 rings (SSSR count). The summed E-state index contributed by atoms with van der Waals surface area (Å²) in [6.45, 7) is 3.43. The third kappa shape index (κ3) is 5.25. The van der Waals surface area contributed by atoms with Gasteiger partial charge >= 0.3 is 0 Å². The van der Waals surface area contributed by atoms with Gasteiger partial charge in [0.05, 0.1) is 6.54 Å². The first-order valence-electron chi connectivity index (χ1n) is 5.49. The zero-order valence-electron chi connectivity index (χ0n) is 9.70. The summed E-state index contributed by atoms with van der Waals surface area (Å²) in [7, 11) is 3.54. The average Bonchev–Trinajstić information content (AvgIpc) is 2.19. The Hall–Kier alpha value is -0.450. The molecule has 1 aliphatic rings. The Labute approximate surface area is 91.5 Å². The molecule has 4 heteroatoms. The van der Waals surface area contributed by atoms with Crippen molar-refractivity contribution in [2.75, 3.05) is 47.1 Å². The second kappa shape index (κ2) is 6.93. The number of ether oxygens (including phenoxy) is 2. The summed E-state index contributed by atoms with van der Waals surface area (Å²) in [4.78, 5) is 13.4. The topological polar surface area (TPSA) is 38.8 Å². The van der Waals surface area contributed by atoms with Crippen LogP contribution in [0.5, 0.6) is 0 Å². The van der Waals surface area contributed by atoms with Crippen LogP contribution in [0.25, 0.3) is 0 Å². The lowest BCUT2D eigenvalue weighted by Crippen LogP contribution is -2.34. The zero-order chi connectivity index (χ0) is 11.1. The minimum Gasteiger partial charge on any atom is -0.381 e. The molecule has 1 heterocycles. The lowest BCUT2D eigenvalue weighted by Gasteiger charge is -2.26. The van der Waals surface area contributed by atoms with Crippen LogP contribution < -0.4 is 0 Å². The fourth-order valence-electron chi connectivity index (χ4n) is 1.94. The summed E-state index contributed by atoms with van der Waals surface area (Å²) in [5.41, 5.74) is 0. The smallest absolute Gasteiger partial charge is 0.172 e. The van der Waals surface area contributed by atoms with E-state index in [0.29, 0.717) is 12.5 Å². The van der Waals surface area contributed by atoms with Gasteiger partial charge in [0.15, 0.2) is 5.78 Å². The summed E-state index contributed by atoms with van der Waals surface area (Å²) >= 11 is 0. The molecule has 4 nitrogen and oxygen atoms in total. The van der Waals surface area contributed by atoms with Crippen molar-refractivity contribution in [1.82, 2.24) is 4.90 Å². The number of carbonyl (C=O) groups is 1. The normalized spacial score (nSPS) is 18.3. The van der Waals surface area contributed by atoms with Crippen molar-refractivity contribution in [3.63, 3.8) is 0 Å². The van der Waals surface area contributed by atoms with Crippen molar-refractivity contribution in [3.05, 3.63) is 0 Å². The molecular weight excluding hydrogens is 194 g/mol. The minimum atomic E-state index is 0.145. The number of hydrogen-bond acceptors (Lipinski definition) is 4. The Morgan fingerprint density at radius 3 is 2.73 bits per heavy atom. The van der Waals surface area contributed by atoms with E-state index < -0.39 is 0 Å². The summed E-state index contributed by atoms with van der Waals surface area (Å²) < 4.78 is 10.1. The van der Waals surface area contributed by atoms with Gasteiger partial charge < -0.3 is 9.47 Å². The highest BCUT2D eigenvalue weighted by Crippen LogP contribution is 2.15. The number of rotatable bonds is 6. The third-order valence-electron chi connectivity index (χ3n) is 2.66. The van der Waals surface area contributed by atoms with Crippen molar-refractivity contribution in [3.8, 4) is 0 Å². The highest BCUT2D eigenvalue weighted by molar-refractivity contribution is 5.81. The number of carbonyl (C=O) groups excluding carboxylic acids is 1. The zero-order valence-corrected chi connectivity index (χ0v) is 9.70. The number of nitrogens with zero attached hydrogens (tertiary/aromatic N) is 1. The lowest BCUT2D eigenvalue weighted by molar-refractivity contribution is -0.123. The minimum absolute atomic E-state index is 0.145. The molecule has 0 aliphatic carbocycles. The van der Waals surface area contributed by atoms with Crippen molar-refractivity contribution >= 4 is 5.78 Å². The van der Waals surface area contributed by atoms with E-state index in [1.807, 2.05) is 7.05 Å². The van der Waals surface area contributed by atoms with Crippen molar-refractivity contribution in [2.24, 2.45) is 5.92 Å². The van der Waals surface area contributed by atoms with E-state index in [2.05, 4.69) is 4.90 Å². The van der Waals surface area contributed by atoms with E-state index in [1.54, 1.807) is 7.11 Å². The predicted octanol–water partition coefficient (Wildman–Crippen LogP) is 0.560. The first-order valence-corrected chi connectivity index (χ1v) is 5.49. The van der Waals surface area contributed by atoms with Crippen LogP contribution in [0.4, 0.5) is 0 Å². The Kier molecular flexibility index (Phi) is 5.83. The first kappa shape index (κ1) is 12.6. The van der Waals surface area contributed by atoms with Gasteiger partial charge in [0.2, 0.25) is 0 Å². The van der Waals surface area contributed by atoms with Crippen LogP contribution in [0, 0.1) is 5.92 Å². The van der Waals surface area contributed by atoms with Crippen molar-refractivity contribution < 1.29 is 14.3 Å². The van der Waals surface area contributed by atoms with E-state index in [9.17, 15) is 4.79 Å². The highest BCUT2D eigenvalue weighted by Gasteiger charge is 2.16. The van der Waals surface area contributed by atoms with Crippen LogP contribution in [0.3, 0.4) is 0 Å². The maximum Gasteiger partial charge on any atom is 0.172 e. The van der Waals surface area contributed by atoms with Crippen LogP contribution in [0.1, 0.15) is 12.8 Å². The first-order chi connectivity index (χ1) is 7.22. The van der Waals surface area contributed by atoms with Crippen molar-refractivity contribution in [1.29, 1.82) is 0 Å². The van der Waals surface area contributed by atoms with Gasteiger partial charge in [-0.2, -0.15) is 0 Å². The monoisotopic (exact) mass is 215 g/mol. The average molecular weight is 215 g/mol. The molecule has 0 spiro atoms. The molecule has 0 bridgehead atoms. The van der Waals surface area contributed by atoms with Crippen LogP contribution in [0.2, 0.25) is 0 Å². The fourth-order valence-corrected chi connectivity index (χ4v) is 1.94. The fraction of sp³-hybridized carbons (Fsp3) is 0.909. The van der Waals surface area contributed by atoms with E-state index in [0.717, 1.165) is 32.6 Å². The van der Waals surface area contributed by atoms with Gasteiger partial charge in [-0.15, -0.1) is 0 Å². The van der Waals surface area contributed by atoms with E-state index in [-0.39, 0.29) is 12.4 Å². The Morgan fingerprint density at radius 2 is 2.13 bits per heavy atom. The summed E-state index contributed by atoms with van der Waals surface area (Å²) in [5.74, 6) is 0.825. The second-order valence-electron chi connectivity index (χ2n) is 4.22. The molecule has 88 valence electrons. The number of hydrogen-bond donors (Lipinski definition) is 0. The maximum absolute atomic E-state index is 11.3. The third-order valence-corrected chi connectivity index (χ3v) is 2.66. The molecule has 0 aromatic rings. The molecule has 1 aliphatic heterocycles. The largest absolute Gasteiger partial charge is 0.381 e. The summed E-state index contributed by atoms with van der Waals surface area (Å²) in [5, 5.41) is 0. The molecule has 0 aromatic carbocycles. The Balaban J connectivity index is 2.16. The molecule has 1 fully saturated rings. The van der Waals surface area contributed by atoms with Crippen molar-refractivity contribution in [2.45, 2.75) is 12.8 Å². The molecule has 0 atom stereocenters. The van der Waals surface area contributed by atoms with Gasteiger partial charge in [0.25, 0.3) is 0 Å². The lowest BCUT2D eigenvalue weighted by atomic mass is 10.00. The number of Topliss-reactive ketones (excluding diaryl/α,β-unsaturated/α-hetero) is 1. The molecule has 15 heavy (non-hydrogen) atoms. The Morgan fingerprint density at radius 1 is 1.47 bits per heavy atom. The van der Waals surface area contributed by atoms with E-state index in [4.69, 9.17) is 9.47 Å². The van der Waals surface area contributed by atoms with Gasteiger partial charge in [-0.3, -0.25) is 9.69 Å². The molecular formula is C11H21NO3. The number of methoxy groups -OCH3 is 1. The van der Waals surface area contributed by atoms with Gasteiger partial charge in [0, 0.05) is 26.9 Å². The van der Waals surface area contributed by atoms with Crippen LogP contribution in [0.15, 0.2) is 0 Å². The maximum atomic E-state index is 11.3. The van der Waals surface area contributed by atoms with Gasteiger partial charge in [-0.1, -0.05) is 0 Å². The molecule has 0 unspecified atom stereocenters. The van der Waals surface area contributed by atoms with Crippen LogP contribution >= 0.6 is 0 Å². The standard InChI is InChI=1S/C11H21NO3/c1-12(8-11(13)9-14-2)7-10-3-5-15-6-4-10/h10H,3-9H2,1-2H3. The van der Waals surface area contributed by atoms with Gasteiger partial charge in [0.1, 0.15) is 6.61 Å². The van der Waals surface area contributed by atoms with Gasteiger partial charge in [-0.05, 0) is 25.8 Å². The predicted molar refractivity (Wildman–Crippen MR) is 57.9 cm³/mol. The quantitative estimate of drug-likeness (QED) is 0.649. The SMILES string of the molecule is COCC(=O)CN(C)CC1CCOCC1. The van der Waals surface area contributed by atoms with E-state index in [1.165, 1.54) is 0 Å². The molecule has 0 N–H and O–H groups in total. The molecule has 0 amide bonds. The van der Waals surface area contributed by atoms with Crippen LogP contribution in [-0.4, -0.2) is 57.8 Å². The Bertz CT molecular complexity index is 190. The molecule has 0 saturated carbocycles. The van der Waals surface area contributed by atoms with Gasteiger partial charge in [-0.25, -0.2) is 0 Å². The summed E-state index contributed by atoms with van der Waals surface area (Å²) in [6.07, 6.45) is 2.23. The molecule has 0 aromatic heterocycles.